The first-order valence-corrected chi connectivity index (χ1v) is 8.15. The Morgan fingerprint density at radius 2 is 2.00 bits per heavy atom. The van der Waals surface area contributed by atoms with Gasteiger partial charge >= 0.3 is 5.63 Å². The van der Waals surface area contributed by atoms with Gasteiger partial charge in [0.1, 0.15) is 18.1 Å². The van der Waals surface area contributed by atoms with Gasteiger partial charge in [-0.25, -0.2) is 4.79 Å². The molecule has 0 saturated heterocycles. The van der Waals surface area contributed by atoms with Crippen molar-refractivity contribution < 1.29 is 9.15 Å². The molecule has 4 rings (SSSR count). The summed E-state index contributed by atoms with van der Waals surface area (Å²) in [7, 11) is 0. The molecule has 1 aliphatic heterocycles. The number of ether oxygens (including phenoxy) is 1. The van der Waals surface area contributed by atoms with E-state index in [0.717, 1.165) is 28.8 Å². The number of fused-ring (bicyclic) bond motifs is 3. The van der Waals surface area contributed by atoms with Crippen molar-refractivity contribution in [2.45, 2.75) is 51.6 Å². The molecule has 4 heteroatoms. The Bertz CT molecular complexity index is 759. The first-order chi connectivity index (χ1) is 10.7. The summed E-state index contributed by atoms with van der Waals surface area (Å²) in [6.07, 6.45) is 6.44. The molecule has 1 saturated carbocycles. The van der Waals surface area contributed by atoms with E-state index in [1.807, 2.05) is 19.1 Å². The summed E-state index contributed by atoms with van der Waals surface area (Å²) in [5, 5.41) is 1.01. The van der Waals surface area contributed by atoms with Crippen molar-refractivity contribution in [1.82, 2.24) is 4.90 Å². The quantitative estimate of drug-likeness (QED) is 0.755. The summed E-state index contributed by atoms with van der Waals surface area (Å²) in [4.78, 5) is 14.1. The van der Waals surface area contributed by atoms with E-state index in [0.29, 0.717) is 18.4 Å². The second-order valence-electron chi connectivity index (χ2n) is 6.48. The van der Waals surface area contributed by atoms with Crippen molar-refractivity contribution in [3.8, 4) is 5.75 Å². The van der Waals surface area contributed by atoms with E-state index in [1.54, 1.807) is 6.07 Å². The Labute approximate surface area is 129 Å². The number of hydrogen-bond acceptors (Lipinski definition) is 4. The Morgan fingerprint density at radius 1 is 1.18 bits per heavy atom. The van der Waals surface area contributed by atoms with Gasteiger partial charge < -0.3 is 9.15 Å². The first-order valence-electron chi connectivity index (χ1n) is 8.15. The highest BCUT2D eigenvalue weighted by Crippen LogP contribution is 2.35. The van der Waals surface area contributed by atoms with Gasteiger partial charge in [-0.15, -0.1) is 0 Å². The molecule has 116 valence electrons. The molecule has 0 unspecified atom stereocenters. The lowest BCUT2D eigenvalue weighted by Gasteiger charge is -2.37. The summed E-state index contributed by atoms with van der Waals surface area (Å²) >= 11 is 0. The molecule has 0 N–H and O–H groups in total. The van der Waals surface area contributed by atoms with E-state index in [4.69, 9.17) is 9.15 Å². The molecule has 1 aromatic heterocycles. The molecule has 4 nitrogen and oxygen atoms in total. The molecular weight excluding hydrogens is 278 g/mol. The van der Waals surface area contributed by atoms with Crippen LogP contribution in [0.25, 0.3) is 11.0 Å². The van der Waals surface area contributed by atoms with Crippen LogP contribution in [-0.4, -0.2) is 17.7 Å². The SMILES string of the molecule is Cc1cc(=O)oc2c3c(ccc12)OCN(C1CCCCC1)C3. The lowest BCUT2D eigenvalue weighted by atomic mass is 9.93. The smallest absolute Gasteiger partial charge is 0.336 e. The van der Waals surface area contributed by atoms with E-state index in [1.165, 1.54) is 32.1 Å². The summed E-state index contributed by atoms with van der Waals surface area (Å²) < 4.78 is 11.5. The zero-order valence-electron chi connectivity index (χ0n) is 12.9. The van der Waals surface area contributed by atoms with Crippen LogP contribution in [-0.2, 0) is 6.54 Å². The molecule has 2 aliphatic rings. The van der Waals surface area contributed by atoms with Crippen molar-refractivity contribution in [2.24, 2.45) is 0 Å². The van der Waals surface area contributed by atoms with Crippen molar-refractivity contribution >= 4 is 11.0 Å². The zero-order chi connectivity index (χ0) is 15.1. The Balaban J connectivity index is 1.76. The largest absolute Gasteiger partial charge is 0.478 e. The maximum atomic E-state index is 11.8. The molecule has 0 spiro atoms. The first kappa shape index (κ1) is 13.8. The molecule has 0 bridgehead atoms. The van der Waals surface area contributed by atoms with Gasteiger partial charge in [-0.2, -0.15) is 0 Å². The van der Waals surface area contributed by atoms with Gasteiger partial charge in [0.25, 0.3) is 0 Å². The number of nitrogens with zero attached hydrogens (tertiary/aromatic N) is 1. The van der Waals surface area contributed by atoms with Crippen LogP contribution < -0.4 is 10.4 Å². The Hall–Kier alpha value is -1.81. The van der Waals surface area contributed by atoms with E-state index in [2.05, 4.69) is 4.90 Å². The predicted octanol–water partition coefficient (Wildman–Crippen LogP) is 3.59. The lowest BCUT2D eigenvalue weighted by Crippen LogP contribution is -2.41. The third-order valence-electron chi connectivity index (χ3n) is 5.02. The number of hydrogen-bond donors (Lipinski definition) is 0. The number of rotatable bonds is 1. The second-order valence-corrected chi connectivity index (χ2v) is 6.48. The molecule has 1 aromatic carbocycles. The van der Waals surface area contributed by atoms with Crippen LogP contribution >= 0.6 is 0 Å². The van der Waals surface area contributed by atoms with Crippen molar-refractivity contribution in [1.29, 1.82) is 0 Å². The van der Waals surface area contributed by atoms with Gasteiger partial charge in [0, 0.05) is 24.0 Å². The standard InChI is InChI=1S/C18H21NO3/c1-12-9-17(20)22-18-14(12)7-8-16-15(18)10-19(11-21-16)13-5-3-2-4-6-13/h7-9,13H,2-6,10-11H2,1H3. The fraction of sp³-hybridized carbons (Fsp3) is 0.500. The van der Waals surface area contributed by atoms with Gasteiger partial charge in [-0.05, 0) is 37.5 Å². The highest BCUT2D eigenvalue weighted by Gasteiger charge is 2.27. The number of benzene rings is 1. The van der Waals surface area contributed by atoms with Crippen LogP contribution in [0.4, 0.5) is 0 Å². The van der Waals surface area contributed by atoms with Crippen LogP contribution in [0, 0.1) is 6.92 Å². The fourth-order valence-corrected chi connectivity index (χ4v) is 3.79. The minimum Gasteiger partial charge on any atom is -0.478 e. The van der Waals surface area contributed by atoms with Crippen molar-refractivity contribution in [3.63, 3.8) is 0 Å². The molecule has 1 aliphatic carbocycles. The summed E-state index contributed by atoms with van der Waals surface area (Å²) in [5.41, 5.74) is 2.40. The molecule has 0 amide bonds. The Morgan fingerprint density at radius 3 is 2.82 bits per heavy atom. The minimum absolute atomic E-state index is 0.284. The second kappa shape index (κ2) is 5.43. The zero-order valence-corrected chi connectivity index (χ0v) is 12.9. The van der Waals surface area contributed by atoms with Gasteiger partial charge in [-0.1, -0.05) is 19.3 Å². The van der Waals surface area contributed by atoms with Gasteiger partial charge in [-0.3, -0.25) is 4.90 Å². The third kappa shape index (κ3) is 2.31. The van der Waals surface area contributed by atoms with Gasteiger partial charge in [0.2, 0.25) is 0 Å². The van der Waals surface area contributed by atoms with Crippen LogP contribution in [0.3, 0.4) is 0 Å². The highest BCUT2D eigenvalue weighted by molar-refractivity contribution is 5.85. The average molecular weight is 299 g/mol. The molecule has 0 atom stereocenters. The number of aryl methyl sites for hydroxylation is 1. The lowest BCUT2D eigenvalue weighted by molar-refractivity contribution is 0.0406. The van der Waals surface area contributed by atoms with E-state index in [-0.39, 0.29) is 5.63 Å². The molecule has 1 fully saturated rings. The molecule has 2 aromatic rings. The average Bonchev–Trinajstić information content (AvgIpc) is 2.55. The third-order valence-corrected chi connectivity index (χ3v) is 5.02. The van der Waals surface area contributed by atoms with Crippen LogP contribution in [0.1, 0.15) is 43.2 Å². The molecule has 2 heterocycles. The van der Waals surface area contributed by atoms with Crippen LogP contribution in [0.2, 0.25) is 0 Å². The maximum absolute atomic E-state index is 11.8. The highest BCUT2D eigenvalue weighted by atomic mass is 16.5. The van der Waals surface area contributed by atoms with Crippen molar-refractivity contribution in [3.05, 3.63) is 39.7 Å². The fourth-order valence-electron chi connectivity index (χ4n) is 3.79. The molecule has 0 radical (unpaired) electrons. The maximum Gasteiger partial charge on any atom is 0.336 e. The van der Waals surface area contributed by atoms with Crippen LogP contribution in [0.5, 0.6) is 5.75 Å². The van der Waals surface area contributed by atoms with E-state index in [9.17, 15) is 4.79 Å². The summed E-state index contributed by atoms with van der Waals surface area (Å²) in [6, 6.07) is 6.14. The monoisotopic (exact) mass is 299 g/mol. The summed E-state index contributed by atoms with van der Waals surface area (Å²) in [6.45, 7) is 3.40. The molecule has 22 heavy (non-hydrogen) atoms. The van der Waals surface area contributed by atoms with Gasteiger partial charge in [0.05, 0.1) is 5.56 Å². The predicted molar refractivity (Wildman–Crippen MR) is 85.1 cm³/mol. The van der Waals surface area contributed by atoms with Gasteiger partial charge in [0.15, 0.2) is 0 Å². The van der Waals surface area contributed by atoms with E-state index < -0.39 is 0 Å². The van der Waals surface area contributed by atoms with Crippen molar-refractivity contribution in [2.75, 3.05) is 6.73 Å². The normalized spacial score (nSPS) is 19.9. The Kier molecular flexibility index (Phi) is 3.41. The minimum atomic E-state index is -0.284. The van der Waals surface area contributed by atoms with E-state index >= 15 is 0 Å². The molecular formula is C18H21NO3. The van der Waals surface area contributed by atoms with Crippen LogP contribution in [0.15, 0.2) is 27.4 Å². The topological polar surface area (TPSA) is 42.7 Å². The summed E-state index contributed by atoms with van der Waals surface area (Å²) in [5.74, 6) is 0.855.